The summed E-state index contributed by atoms with van der Waals surface area (Å²) in [4.78, 5) is 24.5. The molecule has 5 heteroatoms. The summed E-state index contributed by atoms with van der Waals surface area (Å²) in [5.74, 6) is -1.35. The highest BCUT2D eigenvalue weighted by molar-refractivity contribution is 9.10. The molecule has 0 bridgehead atoms. The van der Waals surface area contributed by atoms with Gasteiger partial charge in [0.15, 0.2) is 0 Å². The van der Waals surface area contributed by atoms with Gasteiger partial charge in [-0.05, 0) is 24.6 Å². The lowest BCUT2D eigenvalue weighted by Gasteiger charge is -2.15. The summed E-state index contributed by atoms with van der Waals surface area (Å²) in [6, 6.07) is 7.13. The predicted molar refractivity (Wildman–Crippen MR) is 65.8 cm³/mol. The second-order valence-corrected chi connectivity index (χ2v) is 5.00. The number of benzene rings is 1. The largest absolute Gasteiger partial charge is 0.481 e. The van der Waals surface area contributed by atoms with E-state index in [2.05, 4.69) is 15.9 Å². The Labute approximate surface area is 107 Å². The maximum Gasteiger partial charge on any atom is 0.308 e. The summed E-state index contributed by atoms with van der Waals surface area (Å²) in [5.41, 5.74) is 0.588. The van der Waals surface area contributed by atoms with Crippen LogP contribution in [0.1, 0.15) is 16.8 Å². The van der Waals surface area contributed by atoms with E-state index < -0.39 is 11.9 Å². The van der Waals surface area contributed by atoms with E-state index in [1.165, 1.54) is 0 Å². The molecule has 1 unspecified atom stereocenters. The van der Waals surface area contributed by atoms with E-state index in [0.29, 0.717) is 25.1 Å². The third kappa shape index (κ3) is 2.66. The predicted octanol–water partition coefficient (Wildman–Crippen LogP) is 2.00. The smallest absolute Gasteiger partial charge is 0.308 e. The topological polar surface area (TPSA) is 57.6 Å². The molecule has 1 aliphatic rings. The number of likely N-dealkylation sites (tertiary alicyclic amines) is 1. The van der Waals surface area contributed by atoms with Crippen LogP contribution in [0.4, 0.5) is 0 Å². The lowest BCUT2D eigenvalue weighted by molar-refractivity contribution is -0.141. The van der Waals surface area contributed by atoms with Crippen molar-refractivity contribution in [3.63, 3.8) is 0 Å². The molecule has 1 aromatic rings. The molecule has 17 heavy (non-hydrogen) atoms. The molecular weight excluding hydrogens is 286 g/mol. The van der Waals surface area contributed by atoms with Gasteiger partial charge in [-0.1, -0.05) is 22.0 Å². The van der Waals surface area contributed by atoms with Crippen molar-refractivity contribution >= 4 is 27.8 Å². The van der Waals surface area contributed by atoms with Gasteiger partial charge in [-0.25, -0.2) is 0 Å². The van der Waals surface area contributed by atoms with Crippen LogP contribution in [-0.4, -0.2) is 35.0 Å². The molecule has 0 aromatic heterocycles. The fraction of sp³-hybridized carbons (Fsp3) is 0.333. The van der Waals surface area contributed by atoms with Gasteiger partial charge in [0.05, 0.1) is 5.92 Å². The average Bonchev–Trinajstić information content (AvgIpc) is 2.77. The average molecular weight is 298 g/mol. The van der Waals surface area contributed by atoms with Gasteiger partial charge in [0.25, 0.3) is 5.91 Å². The van der Waals surface area contributed by atoms with Gasteiger partial charge in [0.2, 0.25) is 0 Å². The van der Waals surface area contributed by atoms with Gasteiger partial charge in [0.1, 0.15) is 0 Å². The number of hydrogen-bond acceptors (Lipinski definition) is 2. The van der Waals surface area contributed by atoms with Crippen LogP contribution in [-0.2, 0) is 4.79 Å². The number of rotatable bonds is 2. The lowest BCUT2D eigenvalue weighted by Crippen LogP contribution is -2.29. The van der Waals surface area contributed by atoms with Crippen LogP contribution in [0.5, 0.6) is 0 Å². The summed E-state index contributed by atoms with van der Waals surface area (Å²) in [7, 11) is 0. The van der Waals surface area contributed by atoms with Crippen molar-refractivity contribution < 1.29 is 14.7 Å². The van der Waals surface area contributed by atoms with Crippen molar-refractivity contribution in [1.29, 1.82) is 0 Å². The number of halogens is 1. The molecule has 0 radical (unpaired) electrons. The number of nitrogens with zero attached hydrogens (tertiary/aromatic N) is 1. The standard InChI is InChI=1S/C12H12BrNO3/c13-10-3-1-2-8(6-10)11(15)14-5-4-9(7-14)12(16)17/h1-3,6,9H,4-5,7H2,(H,16,17). The van der Waals surface area contributed by atoms with Crippen molar-refractivity contribution in [3.8, 4) is 0 Å². The highest BCUT2D eigenvalue weighted by Crippen LogP contribution is 2.20. The fourth-order valence-corrected chi connectivity index (χ4v) is 2.35. The van der Waals surface area contributed by atoms with Crippen LogP contribution in [0.15, 0.2) is 28.7 Å². The van der Waals surface area contributed by atoms with Crippen molar-refractivity contribution in [2.45, 2.75) is 6.42 Å². The van der Waals surface area contributed by atoms with Gasteiger partial charge in [0, 0.05) is 23.1 Å². The number of carbonyl (C=O) groups is 2. The second-order valence-electron chi connectivity index (χ2n) is 4.09. The van der Waals surface area contributed by atoms with E-state index in [1.807, 2.05) is 6.07 Å². The Bertz CT molecular complexity index is 461. The number of hydrogen-bond donors (Lipinski definition) is 1. The van der Waals surface area contributed by atoms with Crippen LogP contribution < -0.4 is 0 Å². The van der Waals surface area contributed by atoms with E-state index in [4.69, 9.17) is 5.11 Å². The Kier molecular flexibility index (Phi) is 3.47. The summed E-state index contributed by atoms with van der Waals surface area (Å²) < 4.78 is 0.845. The molecule has 1 saturated heterocycles. The van der Waals surface area contributed by atoms with Crippen molar-refractivity contribution in [3.05, 3.63) is 34.3 Å². The molecule has 90 valence electrons. The number of carboxylic acids is 1. The van der Waals surface area contributed by atoms with Crippen LogP contribution in [0.3, 0.4) is 0 Å². The summed E-state index contributed by atoms with van der Waals surface area (Å²) in [6.07, 6.45) is 0.537. The quantitative estimate of drug-likeness (QED) is 0.908. The van der Waals surface area contributed by atoms with Gasteiger partial charge in [-0.3, -0.25) is 9.59 Å². The monoisotopic (exact) mass is 297 g/mol. The Morgan fingerprint density at radius 1 is 1.41 bits per heavy atom. The molecule has 1 heterocycles. The summed E-state index contributed by atoms with van der Waals surface area (Å²) in [6.45, 7) is 0.822. The van der Waals surface area contributed by atoms with E-state index in [-0.39, 0.29) is 5.91 Å². The first kappa shape index (κ1) is 12.1. The Balaban J connectivity index is 2.09. The summed E-state index contributed by atoms with van der Waals surface area (Å²) >= 11 is 3.31. The zero-order valence-corrected chi connectivity index (χ0v) is 10.7. The van der Waals surface area contributed by atoms with Gasteiger partial charge in [-0.2, -0.15) is 0 Å². The molecule has 1 aliphatic heterocycles. The third-order valence-electron chi connectivity index (χ3n) is 2.90. The Hall–Kier alpha value is -1.36. The first-order valence-electron chi connectivity index (χ1n) is 5.35. The Morgan fingerprint density at radius 3 is 2.76 bits per heavy atom. The minimum absolute atomic E-state index is 0.102. The second kappa shape index (κ2) is 4.87. The van der Waals surface area contributed by atoms with Crippen LogP contribution >= 0.6 is 15.9 Å². The molecule has 4 nitrogen and oxygen atoms in total. The highest BCUT2D eigenvalue weighted by Gasteiger charge is 2.31. The third-order valence-corrected chi connectivity index (χ3v) is 3.39. The summed E-state index contributed by atoms with van der Waals surface area (Å²) in [5, 5.41) is 8.88. The van der Waals surface area contributed by atoms with Crippen molar-refractivity contribution in [2.75, 3.05) is 13.1 Å². The first-order valence-corrected chi connectivity index (χ1v) is 6.15. The van der Waals surface area contributed by atoms with E-state index in [0.717, 1.165) is 4.47 Å². The van der Waals surface area contributed by atoms with E-state index in [1.54, 1.807) is 23.1 Å². The minimum Gasteiger partial charge on any atom is -0.481 e. The Morgan fingerprint density at radius 2 is 2.18 bits per heavy atom. The number of carboxylic acid groups (broad SMARTS) is 1. The zero-order chi connectivity index (χ0) is 12.4. The van der Waals surface area contributed by atoms with Gasteiger partial charge >= 0.3 is 5.97 Å². The maximum absolute atomic E-state index is 12.1. The molecule has 1 atom stereocenters. The molecule has 1 N–H and O–H groups in total. The van der Waals surface area contributed by atoms with Crippen LogP contribution in [0.2, 0.25) is 0 Å². The number of amides is 1. The molecule has 0 spiro atoms. The number of carbonyl (C=O) groups excluding carboxylic acids is 1. The van der Waals surface area contributed by atoms with Gasteiger partial charge in [-0.15, -0.1) is 0 Å². The first-order chi connectivity index (χ1) is 8.08. The molecular formula is C12H12BrNO3. The molecule has 1 amide bonds. The maximum atomic E-state index is 12.1. The van der Waals surface area contributed by atoms with E-state index in [9.17, 15) is 9.59 Å². The zero-order valence-electron chi connectivity index (χ0n) is 9.10. The van der Waals surface area contributed by atoms with E-state index >= 15 is 0 Å². The normalized spacial score (nSPS) is 19.4. The molecule has 1 aromatic carbocycles. The molecule has 1 fully saturated rings. The minimum atomic E-state index is -0.824. The SMILES string of the molecule is O=C(O)C1CCN(C(=O)c2cccc(Br)c2)C1. The molecule has 2 rings (SSSR count). The molecule has 0 saturated carbocycles. The lowest BCUT2D eigenvalue weighted by atomic mass is 10.1. The van der Waals surface area contributed by atoms with Crippen molar-refractivity contribution in [2.24, 2.45) is 5.92 Å². The van der Waals surface area contributed by atoms with Crippen molar-refractivity contribution in [1.82, 2.24) is 4.90 Å². The number of aliphatic carboxylic acids is 1. The fourth-order valence-electron chi connectivity index (χ4n) is 1.95. The van der Waals surface area contributed by atoms with Crippen LogP contribution in [0, 0.1) is 5.92 Å². The van der Waals surface area contributed by atoms with Gasteiger partial charge < -0.3 is 10.0 Å². The molecule has 0 aliphatic carbocycles. The van der Waals surface area contributed by atoms with Crippen LogP contribution in [0.25, 0.3) is 0 Å². The highest BCUT2D eigenvalue weighted by atomic mass is 79.9.